The summed E-state index contributed by atoms with van der Waals surface area (Å²) >= 11 is 4.43. The van der Waals surface area contributed by atoms with E-state index in [-0.39, 0.29) is 6.17 Å². The number of nitrogens with one attached hydrogen (secondary N) is 1. The van der Waals surface area contributed by atoms with Gasteiger partial charge in [-0.25, -0.2) is 4.98 Å². The van der Waals surface area contributed by atoms with Gasteiger partial charge in [-0.2, -0.15) is 12.6 Å². The minimum absolute atomic E-state index is 0.278. The molecule has 0 radical (unpaired) electrons. The molecule has 0 spiro atoms. The third-order valence-electron chi connectivity index (χ3n) is 6.82. The van der Waals surface area contributed by atoms with Crippen molar-refractivity contribution in [2.45, 2.75) is 51.6 Å². The Morgan fingerprint density at radius 2 is 1.94 bits per heavy atom. The summed E-state index contributed by atoms with van der Waals surface area (Å²) in [6.07, 6.45) is 7.13. The third-order valence-corrected chi connectivity index (χ3v) is 7.22. The topological polar surface area (TPSA) is 86.7 Å². The quantitative estimate of drug-likeness (QED) is 0.320. The highest BCUT2D eigenvalue weighted by molar-refractivity contribution is 7.80. The Morgan fingerprint density at radius 3 is 2.66 bits per heavy atom. The van der Waals surface area contributed by atoms with Crippen molar-refractivity contribution in [3.63, 3.8) is 0 Å². The van der Waals surface area contributed by atoms with Crippen molar-refractivity contribution < 1.29 is 0 Å². The van der Waals surface area contributed by atoms with E-state index < -0.39 is 0 Å². The molecule has 8 heteroatoms. The predicted octanol–water partition coefficient (Wildman–Crippen LogP) is 3.70. The Morgan fingerprint density at radius 1 is 1.12 bits per heavy atom. The van der Waals surface area contributed by atoms with E-state index in [1.165, 1.54) is 29.6 Å². The van der Waals surface area contributed by atoms with Gasteiger partial charge in [-0.15, -0.1) is 0 Å². The van der Waals surface area contributed by atoms with Crippen molar-refractivity contribution in [2.24, 2.45) is 5.73 Å². The van der Waals surface area contributed by atoms with E-state index in [9.17, 15) is 0 Å². The number of aromatic nitrogens is 1. The van der Waals surface area contributed by atoms with Gasteiger partial charge < -0.3 is 26.6 Å². The fraction of sp³-hybridized carbons (Fsp3) is 0.625. The molecule has 1 atom stereocenters. The molecule has 3 heterocycles. The molecule has 32 heavy (non-hydrogen) atoms. The zero-order valence-electron chi connectivity index (χ0n) is 19.4. The second kappa shape index (κ2) is 10.8. The van der Waals surface area contributed by atoms with E-state index in [1.54, 1.807) is 0 Å². The summed E-state index contributed by atoms with van der Waals surface area (Å²) in [6, 6.07) is 6.66. The van der Waals surface area contributed by atoms with Crippen LogP contribution in [-0.4, -0.2) is 61.2 Å². The molecule has 1 unspecified atom stereocenters. The summed E-state index contributed by atoms with van der Waals surface area (Å²) in [5.41, 5.74) is 16.7. The lowest BCUT2D eigenvalue weighted by atomic mass is 10.1. The maximum Gasteiger partial charge on any atom is 0.149 e. The van der Waals surface area contributed by atoms with Crippen molar-refractivity contribution in [2.75, 3.05) is 66.0 Å². The Hall–Kier alpha value is -1.90. The van der Waals surface area contributed by atoms with Gasteiger partial charge in [0.05, 0.1) is 17.4 Å². The summed E-state index contributed by atoms with van der Waals surface area (Å²) < 4.78 is 0. The first kappa shape index (κ1) is 23.3. The van der Waals surface area contributed by atoms with E-state index in [4.69, 9.17) is 16.5 Å². The van der Waals surface area contributed by atoms with Crippen LogP contribution in [0.4, 0.5) is 22.9 Å². The minimum atomic E-state index is 0.278. The zero-order chi connectivity index (χ0) is 22.5. The molecule has 1 aromatic carbocycles. The van der Waals surface area contributed by atoms with E-state index in [0.717, 1.165) is 82.0 Å². The van der Waals surface area contributed by atoms with Crippen LogP contribution in [0.5, 0.6) is 0 Å². The maximum atomic E-state index is 6.44. The lowest BCUT2D eigenvalue weighted by Gasteiger charge is -2.35. The Labute approximate surface area is 197 Å². The molecule has 2 aliphatic heterocycles. The third kappa shape index (κ3) is 4.87. The van der Waals surface area contributed by atoms with Crippen LogP contribution in [0.3, 0.4) is 0 Å². The molecule has 1 aromatic heterocycles. The average molecular weight is 458 g/mol. The standard InChI is InChI=1S/C24H39N7S/c1-2-3-7-21-28-22-23(31(21)11-6-4-5-10-25)19-16-18(8-9-20(19)27-24(22)26)30-14-12-29(17-32)13-15-30/h8-9,16,21,28,32H,2-7,10-15,17,25H2,1H3,(H2,26,27). The number of thiol groups is 1. The average Bonchev–Trinajstić information content (AvgIpc) is 3.19. The zero-order valence-corrected chi connectivity index (χ0v) is 20.3. The van der Waals surface area contributed by atoms with Crippen molar-refractivity contribution >= 4 is 46.4 Å². The van der Waals surface area contributed by atoms with Crippen LogP contribution < -0.4 is 26.6 Å². The van der Waals surface area contributed by atoms with Crippen molar-refractivity contribution in [1.29, 1.82) is 0 Å². The van der Waals surface area contributed by atoms with Crippen molar-refractivity contribution in [3.05, 3.63) is 18.2 Å². The highest BCUT2D eigenvalue weighted by atomic mass is 32.1. The lowest BCUT2D eigenvalue weighted by molar-refractivity contribution is 0.301. The Bertz CT molecular complexity index is 898. The van der Waals surface area contributed by atoms with E-state index >= 15 is 0 Å². The van der Waals surface area contributed by atoms with E-state index in [2.05, 4.69) is 57.8 Å². The molecule has 2 aromatic rings. The fourth-order valence-corrected chi connectivity index (χ4v) is 5.22. The van der Waals surface area contributed by atoms with Gasteiger partial charge in [0.1, 0.15) is 11.5 Å². The second-order valence-electron chi connectivity index (χ2n) is 9.01. The maximum absolute atomic E-state index is 6.44. The largest absolute Gasteiger partial charge is 0.382 e. The van der Waals surface area contributed by atoms with Gasteiger partial charge in [0.2, 0.25) is 0 Å². The van der Waals surface area contributed by atoms with E-state index in [1.807, 2.05) is 0 Å². The first-order valence-electron chi connectivity index (χ1n) is 12.2. The van der Waals surface area contributed by atoms with Crippen LogP contribution in [0.15, 0.2) is 18.2 Å². The number of pyridine rings is 1. The molecule has 7 nitrogen and oxygen atoms in total. The first-order valence-corrected chi connectivity index (χ1v) is 12.8. The van der Waals surface area contributed by atoms with Crippen LogP contribution >= 0.6 is 12.6 Å². The molecule has 1 fully saturated rings. The SMILES string of the molecule is CCCCC1Nc2c(N)nc3ccc(N4CCN(CS)CC4)cc3c2N1CCCCCN. The smallest absolute Gasteiger partial charge is 0.149 e. The molecule has 5 N–H and O–H groups in total. The van der Waals surface area contributed by atoms with Gasteiger partial charge in [0.25, 0.3) is 0 Å². The number of benzene rings is 1. The number of nitrogens with two attached hydrogens (primary N) is 2. The molecule has 0 aliphatic carbocycles. The molecule has 0 bridgehead atoms. The summed E-state index contributed by atoms with van der Waals surface area (Å²) in [5, 5.41) is 4.92. The van der Waals surface area contributed by atoms with Gasteiger partial charge in [0.15, 0.2) is 0 Å². The number of nitrogens with zero attached hydrogens (tertiary/aromatic N) is 4. The monoisotopic (exact) mass is 457 g/mol. The molecule has 176 valence electrons. The second-order valence-corrected chi connectivity index (χ2v) is 9.30. The van der Waals surface area contributed by atoms with Crippen LogP contribution in [-0.2, 0) is 0 Å². The summed E-state index contributed by atoms with van der Waals surface area (Å²) in [4.78, 5) is 12.2. The van der Waals surface area contributed by atoms with Crippen LogP contribution in [0, 0.1) is 0 Å². The van der Waals surface area contributed by atoms with Crippen molar-refractivity contribution in [1.82, 2.24) is 9.88 Å². The number of hydrogen-bond acceptors (Lipinski definition) is 8. The van der Waals surface area contributed by atoms with Crippen LogP contribution in [0.2, 0.25) is 0 Å². The minimum Gasteiger partial charge on any atom is -0.382 e. The number of hydrogen-bond donors (Lipinski definition) is 4. The van der Waals surface area contributed by atoms with Gasteiger partial charge in [-0.05, 0) is 50.4 Å². The van der Waals surface area contributed by atoms with Crippen molar-refractivity contribution in [3.8, 4) is 0 Å². The summed E-state index contributed by atoms with van der Waals surface area (Å²) in [7, 11) is 0. The van der Waals surface area contributed by atoms with E-state index in [0.29, 0.717) is 5.82 Å². The fourth-order valence-electron chi connectivity index (χ4n) is 4.93. The summed E-state index contributed by atoms with van der Waals surface area (Å²) in [5.74, 6) is 1.43. The van der Waals surface area contributed by atoms with Gasteiger partial charge in [-0.1, -0.05) is 19.8 Å². The molecule has 4 rings (SSSR count). The van der Waals surface area contributed by atoms with Crippen LogP contribution in [0.25, 0.3) is 10.9 Å². The number of anilines is 4. The Kier molecular flexibility index (Phi) is 7.86. The molecule has 0 saturated carbocycles. The molecule has 0 amide bonds. The van der Waals surface area contributed by atoms with Crippen LogP contribution in [0.1, 0.15) is 45.4 Å². The number of piperazine rings is 1. The molecule has 2 aliphatic rings. The normalized spacial score (nSPS) is 18.9. The van der Waals surface area contributed by atoms with Gasteiger partial charge >= 0.3 is 0 Å². The highest BCUT2D eigenvalue weighted by Gasteiger charge is 2.32. The first-order chi connectivity index (χ1) is 15.7. The number of fused-ring (bicyclic) bond motifs is 3. The number of nitrogen functional groups attached to an aromatic ring is 1. The molecular formula is C24H39N7S. The predicted molar refractivity (Wildman–Crippen MR) is 141 cm³/mol. The number of unbranched alkanes of at least 4 members (excludes halogenated alkanes) is 3. The summed E-state index contributed by atoms with van der Waals surface area (Å²) in [6.45, 7) is 8.17. The number of rotatable bonds is 10. The molecule has 1 saturated heterocycles. The highest BCUT2D eigenvalue weighted by Crippen LogP contribution is 2.45. The Balaban J connectivity index is 1.67. The molecular weight excluding hydrogens is 418 g/mol. The van der Waals surface area contributed by atoms with Gasteiger partial charge in [0, 0.05) is 49.7 Å². The van der Waals surface area contributed by atoms with Gasteiger partial charge in [-0.3, -0.25) is 4.90 Å². The lowest BCUT2D eigenvalue weighted by Crippen LogP contribution is -2.45.